The van der Waals surface area contributed by atoms with Crippen LogP contribution in [0.2, 0.25) is 0 Å². The molecule has 0 aliphatic rings. The molecule has 0 aliphatic carbocycles. The van der Waals surface area contributed by atoms with Crippen molar-refractivity contribution in [1.82, 2.24) is 9.55 Å². The number of para-hydroxylation sites is 2. The molecule has 0 fully saturated rings. The Labute approximate surface area is 116 Å². The summed E-state index contributed by atoms with van der Waals surface area (Å²) in [5.74, 6) is -0.267. The van der Waals surface area contributed by atoms with E-state index in [9.17, 15) is 4.79 Å². The minimum atomic E-state index is -0.267. The third kappa shape index (κ3) is 2.69. The highest BCUT2D eigenvalue weighted by atomic mass is 16.5. The number of hydrogen-bond donors (Lipinski definition) is 0. The van der Waals surface area contributed by atoms with Crippen LogP contribution in [0.25, 0.3) is 11.0 Å². The smallest absolute Gasteiger partial charge is 0.326 e. The first-order valence-electron chi connectivity index (χ1n) is 6.42. The Morgan fingerprint density at radius 2 is 1.80 bits per heavy atom. The fourth-order valence-corrected chi connectivity index (χ4v) is 2.06. The highest BCUT2D eigenvalue weighted by Crippen LogP contribution is 2.12. The van der Waals surface area contributed by atoms with Crippen LogP contribution in [-0.2, 0) is 22.7 Å². The molecule has 0 atom stereocenters. The molecule has 0 spiro atoms. The molecule has 0 saturated carbocycles. The number of imidazole rings is 1. The standard InChI is InChI=1S/C16H14N2O2/c19-16(20-11-13-6-2-1-3-7-13)10-18-12-17-14-8-4-5-9-15(14)18/h1-9,12H,10-11H2. The zero-order valence-electron chi connectivity index (χ0n) is 10.9. The molecule has 0 bridgehead atoms. The number of carbonyl (C=O) groups excluding carboxylic acids is 1. The van der Waals surface area contributed by atoms with Crippen molar-refractivity contribution >= 4 is 17.0 Å². The van der Waals surface area contributed by atoms with Gasteiger partial charge in [0.05, 0.1) is 17.4 Å². The van der Waals surface area contributed by atoms with Gasteiger partial charge in [-0.2, -0.15) is 0 Å². The summed E-state index contributed by atoms with van der Waals surface area (Å²) < 4.78 is 7.06. The van der Waals surface area contributed by atoms with Crippen LogP contribution >= 0.6 is 0 Å². The first-order valence-corrected chi connectivity index (χ1v) is 6.42. The topological polar surface area (TPSA) is 44.1 Å². The summed E-state index contributed by atoms with van der Waals surface area (Å²) in [6.07, 6.45) is 1.66. The molecule has 0 N–H and O–H groups in total. The summed E-state index contributed by atoms with van der Waals surface area (Å²) in [4.78, 5) is 16.1. The van der Waals surface area contributed by atoms with Crippen molar-refractivity contribution in [3.05, 3.63) is 66.5 Å². The Kier molecular flexibility index (Phi) is 3.46. The summed E-state index contributed by atoms with van der Waals surface area (Å²) >= 11 is 0. The second-order valence-corrected chi connectivity index (χ2v) is 4.51. The van der Waals surface area contributed by atoms with Gasteiger partial charge in [-0.3, -0.25) is 4.79 Å². The highest BCUT2D eigenvalue weighted by molar-refractivity contribution is 5.78. The fourth-order valence-electron chi connectivity index (χ4n) is 2.06. The zero-order valence-corrected chi connectivity index (χ0v) is 10.9. The first kappa shape index (κ1) is 12.4. The number of aromatic nitrogens is 2. The van der Waals surface area contributed by atoms with Crippen molar-refractivity contribution in [2.75, 3.05) is 0 Å². The third-order valence-corrected chi connectivity index (χ3v) is 3.07. The molecule has 0 unspecified atom stereocenters. The van der Waals surface area contributed by atoms with Crippen molar-refractivity contribution in [1.29, 1.82) is 0 Å². The quantitative estimate of drug-likeness (QED) is 0.682. The lowest BCUT2D eigenvalue weighted by Crippen LogP contribution is -2.12. The second-order valence-electron chi connectivity index (χ2n) is 4.51. The van der Waals surface area contributed by atoms with Gasteiger partial charge >= 0.3 is 5.97 Å². The van der Waals surface area contributed by atoms with Gasteiger partial charge in [0.1, 0.15) is 13.2 Å². The normalized spacial score (nSPS) is 10.6. The van der Waals surface area contributed by atoms with Crippen molar-refractivity contribution in [3.8, 4) is 0 Å². The largest absolute Gasteiger partial charge is 0.459 e. The third-order valence-electron chi connectivity index (χ3n) is 3.07. The van der Waals surface area contributed by atoms with Gasteiger partial charge < -0.3 is 9.30 Å². The zero-order chi connectivity index (χ0) is 13.8. The van der Waals surface area contributed by atoms with E-state index in [1.807, 2.05) is 54.6 Å². The van der Waals surface area contributed by atoms with E-state index in [1.165, 1.54) is 0 Å². The van der Waals surface area contributed by atoms with E-state index in [1.54, 1.807) is 10.9 Å². The highest BCUT2D eigenvalue weighted by Gasteiger charge is 2.08. The lowest BCUT2D eigenvalue weighted by atomic mass is 10.2. The van der Waals surface area contributed by atoms with Crippen molar-refractivity contribution in [2.24, 2.45) is 0 Å². The van der Waals surface area contributed by atoms with E-state index < -0.39 is 0 Å². The average Bonchev–Trinajstić information content (AvgIpc) is 2.90. The van der Waals surface area contributed by atoms with Gasteiger partial charge in [-0.15, -0.1) is 0 Å². The maximum absolute atomic E-state index is 11.9. The van der Waals surface area contributed by atoms with E-state index >= 15 is 0 Å². The predicted octanol–water partition coefficient (Wildman–Crippen LogP) is 2.78. The Hall–Kier alpha value is -2.62. The SMILES string of the molecule is O=C(Cn1cnc2ccccc21)OCc1ccccc1. The minimum Gasteiger partial charge on any atom is -0.459 e. The lowest BCUT2D eigenvalue weighted by Gasteiger charge is -2.06. The molecule has 0 radical (unpaired) electrons. The van der Waals surface area contributed by atoms with Crippen LogP contribution in [0.3, 0.4) is 0 Å². The van der Waals surface area contributed by atoms with E-state index in [4.69, 9.17) is 4.74 Å². The Morgan fingerprint density at radius 3 is 2.65 bits per heavy atom. The Bertz CT molecular complexity index is 719. The van der Waals surface area contributed by atoms with Gasteiger partial charge in [-0.05, 0) is 17.7 Å². The first-order chi connectivity index (χ1) is 9.83. The monoisotopic (exact) mass is 266 g/mol. The van der Waals surface area contributed by atoms with Gasteiger partial charge in [-0.25, -0.2) is 4.98 Å². The maximum atomic E-state index is 11.9. The molecule has 1 aromatic heterocycles. The number of nitrogens with zero attached hydrogens (tertiary/aromatic N) is 2. The summed E-state index contributed by atoms with van der Waals surface area (Å²) in [6.45, 7) is 0.472. The molecule has 3 rings (SSSR count). The van der Waals surface area contributed by atoms with Crippen LogP contribution in [-0.4, -0.2) is 15.5 Å². The Balaban J connectivity index is 1.64. The van der Waals surface area contributed by atoms with Gasteiger partial charge in [0, 0.05) is 0 Å². The Morgan fingerprint density at radius 1 is 1.05 bits per heavy atom. The molecule has 4 heteroatoms. The van der Waals surface area contributed by atoms with E-state index in [0.717, 1.165) is 16.6 Å². The molecule has 20 heavy (non-hydrogen) atoms. The maximum Gasteiger partial charge on any atom is 0.326 e. The van der Waals surface area contributed by atoms with Gasteiger partial charge in [0.2, 0.25) is 0 Å². The number of benzene rings is 2. The van der Waals surface area contributed by atoms with Crippen molar-refractivity contribution in [2.45, 2.75) is 13.2 Å². The van der Waals surface area contributed by atoms with Crippen LogP contribution in [0.5, 0.6) is 0 Å². The molecular formula is C16H14N2O2. The van der Waals surface area contributed by atoms with Gasteiger partial charge in [0.25, 0.3) is 0 Å². The molecule has 3 aromatic rings. The summed E-state index contributed by atoms with van der Waals surface area (Å²) in [5.41, 5.74) is 2.80. The van der Waals surface area contributed by atoms with E-state index in [-0.39, 0.29) is 12.5 Å². The van der Waals surface area contributed by atoms with E-state index in [0.29, 0.717) is 6.61 Å². The summed E-state index contributed by atoms with van der Waals surface area (Å²) in [7, 11) is 0. The molecule has 0 aliphatic heterocycles. The number of esters is 1. The molecule has 2 aromatic carbocycles. The van der Waals surface area contributed by atoms with Crippen molar-refractivity contribution < 1.29 is 9.53 Å². The van der Waals surface area contributed by atoms with Crippen molar-refractivity contribution in [3.63, 3.8) is 0 Å². The molecular weight excluding hydrogens is 252 g/mol. The number of ether oxygens (including phenoxy) is 1. The second kappa shape index (κ2) is 5.57. The fraction of sp³-hybridized carbons (Fsp3) is 0.125. The van der Waals surface area contributed by atoms with Crippen LogP contribution < -0.4 is 0 Å². The number of rotatable bonds is 4. The van der Waals surface area contributed by atoms with Gasteiger partial charge in [0.15, 0.2) is 0 Å². The molecule has 0 saturated heterocycles. The summed E-state index contributed by atoms with van der Waals surface area (Å²) in [6, 6.07) is 17.3. The minimum absolute atomic E-state index is 0.174. The van der Waals surface area contributed by atoms with Crippen LogP contribution in [0.1, 0.15) is 5.56 Å². The van der Waals surface area contributed by atoms with Crippen LogP contribution in [0.15, 0.2) is 60.9 Å². The molecule has 1 heterocycles. The summed E-state index contributed by atoms with van der Waals surface area (Å²) in [5, 5.41) is 0. The average molecular weight is 266 g/mol. The molecule has 100 valence electrons. The number of fused-ring (bicyclic) bond motifs is 1. The lowest BCUT2D eigenvalue weighted by molar-refractivity contribution is -0.145. The number of hydrogen-bond acceptors (Lipinski definition) is 3. The van der Waals surface area contributed by atoms with E-state index in [2.05, 4.69) is 4.98 Å². The van der Waals surface area contributed by atoms with Crippen LogP contribution in [0.4, 0.5) is 0 Å². The molecule has 0 amide bonds. The van der Waals surface area contributed by atoms with Crippen LogP contribution in [0, 0.1) is 0 Å². The molecule has 4 nitrogen and oxygen atoms in total. The van der Waals surface area contributed by atoms with Gasteiger partial charge in [-0.1, -0.05) is 42.5 Å². The number of carbonyl (C=O) groups is 1. The predicted molar refractivity (Wildman–Crippen MR) is 76.0 cm³/mol.